The van der Waals surface area contributed by atoms with Crippen LogP contribution in [0.4, 0.5) is 11.6 Å². The number of aromatic nitrogens is 9. The second-order valence-corrected chi connectivity index (χ2v) is 12.3. The van der Waals surface area contributed by atoms with Gasteiger partial charge in [-0.2, -0.15) is 15.4 Å². The lowest BCUT2D eigenvalue weighted by Crippen LogP contribution is -2.06. The first kappa shape index (κ1) is 34.3. The van der Waals surface area contributed by atoms with Crippen molar-refractivity contribution in [3.63, 3.8) is 0 Å². The second-order valence-electron chi connectivity index (χ2n) is 12.3. The van der Waals surface area contributed by atoms with E-state index in [4.69, 9.17) is 16.4 Å². The summed E-state index contributed by atoms with van der Waals surface area (Å²) in [6.07, 6.45) is 10.7. The van der Waals surface area contributed by atoms with Gasteiger partial charge >= 0.3 is 0 Å². The molecule has 9 aromatic rings. The number of pyridine rings is 2. The molecule has 4 aromatic carbocycles. The predicted octanol–water partition coefficient (Wildman–Crippen LogP) is 8.37. The molecule has 0 unspecified atom stereocenters. The maximum absolute atomic E-state index is 5.55. The maximum Gasteiger partial charge on any atom is 0.207 e. The Bertz CT molecular complexity index is 2700. The van der Waals surface area contributed by atoms with Crippen LogP contribution in [-0.2, 0) is 13.1 Å². The van der Waals surface area contributed by atoms with Crippen molar-refractivity contribution in [3.05, 3.63) is 169 Å². The summed E-state index contributed by atoms with van der Waals surface area (Å²) in [6, 6.07) is 44.2. The van der Waals surface area contributed by atoms with Crippen molar-refractivity contribution in [2.45, 2.75) is 13.1 Å². The minimum atomic E-state index is 0.367. The Morgan fingerprint density at radius 3 is 1.60 bits per heavy atom. The Labute approximate surface area is 317 Å². The number of rotatable bonds is 9. The van der Waals surface area contributed by atoms with Gasteiger partial charge in [0, 0.05) is 12.4 Å². The van der Waals surface area contributed by atoms with Gasteiger partial charge in [-0.25, -0.2) is 19.9 Å². The molecule has 0 aliphatic rings. The van der Waals surface area contributed by atoms with Crippen molar-refractivity contribution in [1.29, 1.82) is 0 Å². The van der Waals surface area contributed by atoms with E-state index in [1.807, 2.05) is 97.1 Å². The number of fused-ring (bicyclic) bond motifs is 2. The summed E-state index contributed by atoms with van der Waals surface area (Å²) in [5.41, 5.74) is 8.46. The molecule has 0 bridgehead atoms. The number of H-pyrrole nitrogens is 1. The van der Waals surface area contributed by atoms with E-state index in [0.717, 1.165) is 61.3 Å². The summed E-state index contributed by atoms with van der Waals surface area (Å²) in [5.74, 6) is 4.87. The second kappa shape index (κ2) is 16.2. The lowest BCUT2D eigenvalue weighted by molar-refractivity contribution is 0.938. The van der Waals surface area contributed by atoms with Gasteiger partial charge in [-0.15, -0.1) is 6.42 Å². The molecule has 0 aliphatic carbocycles. The van der Waals surface area contributed by atoms with Crippen LogP contribution in [0.1, 0.15) is 17.2 Å². The van der Waals surface area contributed by atoms with Crippen molar-refractivity contribution in [1.82, 2.24) is 45.3 Å². The third-order valence-corrected chi connectivity index (χ3v) is 8.72. The zero-order valence-electron chi connectivity index (χ0n) is 29.5. The van der Waals surface area contributed by atoms with Crippen LogP contribution >= 0.6 is 0 Å². The molecule has 5 aromatic heterocycles. The van der Waals surface area contributed by atoms with Crippen LogP contribution in [0.2, 0.25) is 0 Å². The molecule has 0 radical (unpaired) electrons. The van der Waals surface area contributed by atoms with Gasteiger partial charge in [0.1, 0.15) is 17.3 Å². The van der Waals surface area contributed by atoms with Gasteiger partial charge in [0.15, 0.2) is 5.82 Å². The molecular formula is C44H33N11. The summed E-state index contributed by atoms with van der Waals surface area (Å²) in [5, 5.41) is 19.4. The zero-order valence-corrected chi connectivity index (χ0v) is 29.5. The molecule has 0 amide bonds. The number of anilines is 2. The molecule has 11 heteroatoms. The van der Waals surface area contributed by atoms with Gasteiger partial charge in [0.2, 0.25) is 5.82 Å². The lowest BCUT2D eigenvalue weighted by atomic mass is 10.0. The molecule has 0 fully saturated rings. The normalized spacial score (nSPS) is 10.7. The Kier molecular flexibility index (Phi) is 10.1. The van der Waals surface area contributed by atoms with Gasteiger partial charge in [0.05, 0.1) is 52.5 Å². The van der Waals surface area contributed by atoms with Crippen LogP contribution in [0, 0.1) is 12.3 Å². The topological polar surface area (TPSA) is 143 Å². The number of benzene rings is 4. The Morgan fingerprint density at radius 2 is 1.09 bits per heavy atom. The van der Waals surface area contributed by atoms with Crippen LogP contribution < -0.4 is 10.6 Å². The molecule has 11 nitrogen and oxygen atoms in total. The van der Waals surface area contributed by atoms with Crippen molar-refractivity contribution in [3.8, 4) is 46.1 Å². The van der Waals surface area contributed by atoms with Gasteiger partial charge < -0.3 is 10.6 Å². The fourth-order valence-electron chi connectivity index (χ4n) is 6.18. The van der Waals surface area contributed by atoms with E-state index in [1.54, 1.807) is 18.6 Å². The number of nitrogens with zero attached hydrogens (tertiary/aromatic N) is 8. The molecule has 0 atom stereocenters. The van der Waals surface area contributed by atoms with E-state index in [2.05, 4.69) is 88.3 Å². The van der Waals surface area contributed by atoms with Crippen molar-refractivity contribution in [2.75, 3.05) is 10.6 Å². The number of aromatic amines is 1. The van der Waals surface area contributed by atoms with E-state index in [9.17, 15) is 0 Å². The summed E-state index contributed by atoms with van der Waals surface area (Å²) in [4.78, 5) is 27.3. The quantitative estimate of drug-likeness (QED) is 0.125. The average Bonchev–Trinajstić information content (AvgIpc) is 3.81. The SMILES string of the molecule is C#Cc1nc(NCc2ccccn2)c2c(-c3ccccc3)cccc2n1.c1ccc(-c2cccc3nc(-c4cn[nH]n4)nc(NCc4ccccn4)c23)cc1. The molecule has 0 spiro atoms. The van der Waals surface area contributed by atoms with Crippen LogP contribution in [0.25, 0.3) is 55.6 Å². The lowest BCUT2D eigenvalue weighted by Gasteiger charge is -2.13. The standard InChI is InChI=1S/C22H17N7.C22H16N4/c1-2-7-15(8-3-1)17-10-6-11-18-20(17)22(24-13-16-9-4-5-12-23-16)27-21(26-18)19-14-25-29-28-19;1-2-20-25-19-13-8-12-18(16-9-4-3-5-10-16)21(19)22(26-20)24-15-17-11-6-7-14-23-17/h1-12,14H,13H2,(H,24,26,27)(H,25,28,29);1,3-14H,15H2,(H,24,25,26). The average molecular weight is 716 g/mol. The number of hydrogen-bond donors (Lipinski definition) is 3. The summed E-state index contributed by atoms with van der Waals surface area (Å²) in [7, 11) is 0. The number of nitrogens with one attached hydrogen (secondary N) is 3. The van der Waals surface area contributed by atoms with E-state index < -0.39 is 0 Å². The van der Waals surface area contributed by atoms with Crippen LogP contribution in [0.3, 0.4) is 0 Å². The van der Waals surface area contributed by atoms with E-state index in [0.29, 0.717) is 36.3 Å². The fraction of sp³-hybridized carbons (Fsp3) is 0.0455. The Hall–Kier alpha value is -7.84. The number of terminal acetylenes is 1. The monoisotopic (exact) mass is 715 g/mol. The van der Waals surface area contributed by atoms with Crippen molar-refractivity contribution >= 4 is 33.4 Å². The molecule has 55 heavy (non-hydrogen) atoms. The summed E-state index contributed by atoms with van der Waals surface area (Å²) >= 11 is 0. The first-order chi connectivity index (χ1) is 27.2. The Morgan fingerprint density at radius 1 is 0.545 bits per heavy atom. The van der Waals surface area contributed by atoms with Crippen molar-refractivity contribution < 1.29 is 0 Å². The summed E-state index contributed by atoms with van der Waals surface area (Å²) in [6.45, 7) is 1.11. The molecule has 5 heterocycles. The fourth-order valence-corrected chi connectivity index (χ4v) is 6.18. The highest BCUT2D eigenvalue weighted by Gasteiger charge is 2.16. The molecule has 264 valence electrons. The van der Waals surface area contributed by atoms with Crippen molar-refractivity contribution in [2.24, 2.45) is 0 Å². The third-order valence-electron chi connectivity index (χ3n) is 8.72. The molecular weight excluding hydrogens is 683 g/mol. The van der Waals surface area contributed by atoms with Gasteiger partial charge in [-0.3, -0.25) is 9.97 Å². The van der Waals surface area contributed by atoms with E-state index >= 15 is 0 Å². The van der Waals surface area contributed by atoms with Gasteiger partial charge in [0.25, 0.3) is 0 Å². The van der Waals surface area contributed by atoms with E-state index in [-0.39, 0.29) is 0 Å². The third kappa shape index (κ3) is 7.84. The molecule has 3 N–H and O–H groups in total. The largest absolute Gasteiger partial charge is 0.364 e. The van der Waals surface area contributed by atoms with Crippen LogP contribution in [0.5, 0.6) is 0 Å². The molecule has 0 saturated heterocycles. The Balaban J connectivity index is 0.000000156. The van der Waals surface area contributed by atoms with Gasteiger partial charge in [-0.1, -0.05) is 97.1 Å². The highest BCUT2D eigenvalue weighted by atomic mass is 15.3. The van der Waals surface area contributed by atoms with Crippen LogP contribution in [0.15, 0.2) is 152 Å². The minimum absolute atomic E-state index is 0.367. The minimum Gasteiger partial charge on any atom is -0.364 e. The molecule has 9 rings (SSSR count). The summed E-state index contributed by atoms with van der Waals surface area (Å²) < 4.78 is 0. The first-order valence-electron chi connectivity index (χ1n) is 17.6. The zero-order chi connectivity index (χ0) is 37.2. The first-order valence-corrected chi connectivity index (χ1v) is 17.6. The van der Waals surface area contributed by atoms with E-state index in [1.165, 1.54) is 0 Å². The predicted molar refractivity (Wildman–Crippen MR) is 216 cm³/mol. The maximum atomic E-state index is 5.55. The number of hydrogen-bond acceptors (Lipinski definition) is 10. The highest BCUT2D eigenvalue weighted by Crippen LogP contribution is 2.34. The highest BCUT2D eigenvalue weighted by molar-refractivity contribution is 6.03. The molecule has 0 saturated carbocycles. The van der Waals surface area contributed by atoms with Gasteiger partial charge in [-0.05, 0) is 64.6 Å². The smallest absolute Gasteiger partial charge is 0.207 e. The molecule has 0 aliphatic heterocycles. The van der Waals surface area contributed by atoms with Crippen LogP contribution in [-0.4, -0.2) is 45.3 Å².